The molecule has 27 heavy (non-hydrogen) atoms. The molecule has 1 heterocycles. The van der Waals surface area contributed by atoms with Crippen LogP contribution >= 0.6 is 11.3 Å². The normalized spacial score (nSPS) is 10.4. The van der Waals surface area contributed by atoms with E-state index < -0.39 is 0 Å². The van der Waals surface area contributed by atoms with Crippen LogP contribution in [0.5, 0.6) is 11.5 Å². The Bertz CT molecular complexity index is 893. The average molecular weight is 382 g/mol. The molecule has 2 aromatic carbocycles. The van der Waals surface area contributed by atoms with Gasteiger partial charge in [-0.1, -0.05) is 42.5 Å². The van der Waals surface area contributed by atoms with E-state index in [-0.39, 0.29) is 12.5 Å². The highest BCUT2D eigenvalue weighted by Gasteiger charge is 2.11. The van der Waals surface area contributed by atoms with Gasteiger partial charge in [0, 0.05) is 11.3 Å². The average Bonchev–Trinajstić information content (AvgIpc) is 3.05. The lowest BCUT2D eigenvalue weighted by Gasteiger charge is -2.10. The van der Waals surface area contributed by atoms with Crippen LogP contribution in [0, 0.1) is 6.92 Å². The number of para-hydroxylation sites is 2. The molecule has 3 aromatic rings. The molecule has 0 spiro atoms. The van der Waals surface area contributed by atoms with Crippen molar-refractivity contribution in [3.05, 3.63) is 75.7 Å². The smallest absolute Gasteiger partial charge is 0.258 e. The van der Waals surface area contributed by atoms with Gasteiger partial charge in [-0.3, -0.25) is 4.79 Å². The van der Waals surface area contributed by atoms with Crippen molar-refractivity contribution in [2.24, 2.45) is 0 Å². The number of hydrogen-bond acceptors (Lipinski definition) is 5. The van der Waals surface area contributed by atoms with E-state index in [9.17, 15) is 4.79 Å². The largest absolute Gasteiger partial charge is 0.493 e. The number of nitrogens with zero attached hydrogens (tertiary/aromatic N) is 1. The molecular weight excluding hydrogens is 360 g/mol. The SMILES string of the molecule is COc1ccccc1OCC(=O)NCc1nc(C)c(Cc2ccccc2)s1. The van der Waals surface area contributed by atoms with Crippen LogP contribution in [0.15, 0.2) is 54.6 Å². The van der Waals surface area contributed by atoms with Crippen molar-refractivity contribution in [1.82, 2.24) is 10.3 Å². The molecule has 6 heteroatoms. The van der Waals surface area contributed by atoms with Crippen LogP contribution in [0.1, 0.15) is 21.1 Å². The monoisotopic (exact) mass is 382 g/mol. The van der Waals surface area contributed by atoms with Crippen LogP contribution < -0.4 is 14.8 Å². The number of methoxy groups -OCH3 is 1. The van der Waals surface area contributed by atoms with Crippen LogP contribution in [0.3, 0.4) is 0 Å². The summed E-state index contributed by atoms with van der Waals surface area (Å²) in [6.07, 6.45) is 0.856. The highest BCUT2D eigenvalue weighted by molar-refractivity contribution is 7.11. The molecule has 0 atom stereocenters. The summed E-state index contributed by atoms with van der Waals surface area (Å²) in [7, 11) is 1.57. The Labute approximate surface area is 163 Å². The maximum atomic E-state index is 12.1. The second kappa shape index (κ2) is 9.19. The lowest BCUT2D eigenvalue weighted by Crippen LogP contribution is -2.28. The first-order valence-corrected chi connectivity index (χ1v) is 9.49. The molecule has 0 bridgehead atoms. The highest BCUT2D eigenvalue weighted by Crippen LogP contribution is 2.25. The molecule has 0 aliphatic rings. The number of aryl methyl sites for hydroxylation is 1. The number of aromatic nitrogens is 1. The molecule has 1 amide bonds. The molecule has 140 valence electrons. The Hall–Kier alpha value is -2.86. The maximum Gasteiger partial charge on any atom is 0.258 e. The van der Waals surface area contributed by atoms with Crippen LogP contribution in [0.2, 0.25) is 0 Å². The minimum absolute atomic E-state index is 0.0679. The number of ether oxygens (including phenoxy) is 2. The Balaban J connectivity index is 1.51. The summed E-state index contributed by atoms with van der Waals surface area (Å²) in [5, 5.41) is 3.75. The first kappa shape index (κ1) is 18.9. The minimum Gasteiger partial charge on any atom is -0.493 e. The highest BCUT2D eigenvalue weighted by atomic mass is 32.1. The molecule has 0 unspecified atom stereocenters. The van der Waals surface area contributed by atoms with Crippen molar-refractivity contribution >= 4 is 17.2 Å². The van der Waals surface area contributed by atoms with E-state index in [4.69, 9.17) is 9.47 Å². The van der Waals surface area contributed by atoms with Gasteiger partial charge in [-0.05, 0) is 24.6 Å². The zero-order valence-electron chi connectivity index (χ0n) is 15.4. The van der Waals surface area contributed by atoms with Gasteiger partial charge in [-0.25, -0.2) is 4.98 Å². The number of thiazole rings is 1. The predicted octanol–water partition coefficient (Wildman–Crippen LogP) is 3.75. The summed E-state index contributed by atoms with van der Waals surface area (Å²) in [6.45, 7) is 2.33. The van der Waals surface area contributed by atoms with Gasteiger partial charge in [0.2, 0.25) is 0 Å². The van der Waals surface area contributed by atoms with Gasteiger partial charge in [0.15, 0.2) is 18.1 Å². The van der Waals surface area contributed by atoms with Gasteiger partial charge in [-0.2, -0.15) is 0 Å². The Morgan fingerprint density at radius 1 is 1.07 bits per heavy atom. The van der Waals surface area contributed by atoms with Crippen molar-refractivity contribution in [1.29, 1.82) is 0 Å². The van der Waals surface area contributed by atoms with E-state index in [1.807, 2.05) is 37.3 Å². The summed E-state index contributed by atoms with van der Waals surface area (Å²) < 4.78 is 10.7. The molecule has 0 saturated heterocycles. The lowest BCUT2D eigenvalue weighted by atomic mass is 10.1. The summed E-state index contributed by atoms with van der Waals surface area (Å²) in [5.41, 5.74) is 2.27. The van der Waals surface area contributed by atoms with Gasteiger partial charge >= 0.3 is 0 Å². The van der Waals surface area contributed by atoms with E-state index in [1.54, 1.807) is 30.6 Å². The zero-order chi connectivity index (χ0) is 19.1. The molecular formula is C21H22N2O3S. The van der Waals surface area contributed by atoms with Crippen molar-refractivity contribution in [3.63, 3.8) is 0 Å². The first-order chi connectivity index (χ1) is 13.2. The number of carbonyl (C=O) groups excluding carboxylic acids is 1. The third-order valence-corrected chi connectivity index (χ3v) is 5.17. The molecule has 1 aromatic heterocycles. The van der Waals surface area contributed by atoms with Crippen molar-refractivity contribution in [3.8, 4) is 11.5 Å². The van der Waals surface area contributed by atoms with E-state index >= 15 is 0 Å². The maximum absolute atomic E-state index is 12.1. The molecule has 0 radical (unpaired) electrons. The van der Waals surface area contributed by atoms with E-state index in [0.717, 1.165) is 17.1 Å². The van der Waals surface area contributed by atoms with Crippen molar-refractivity contribution in [2.45, 2.75) is 19.9 Å². The topological polar surface area (TPSA) is 60.5 Å². The van der Waals surface area contributed by atoms with Gasteiger partial charge in [0.05, 0.1) is 19.3 Å². The number of benzene rings is 2. The summed E-state index contributed by atoms with van der Waals surface area (Å²) >= 11 is 1.63. The quantitative estimate of drug-likeness (QED) is 0.645. The summed E-state index contributed by atoms with van der Waals surface area (Å²) in [6, 6.07) is 17.5. The number of nitrogens with one attached hydrogen (secondary N) is 1. The van der Waals surface area contributed by atoms with Crippen LogP contribution in [0.4, 0.5) is 0 Å². The van der Waals surface area contributed by atoms with E-state index in [2.05, 4.69) is 22.4 Å². The van der Waals surface area contributed by atoms with Crippen LogP contribution in [-0.4, -0.2) is 24.6 Å². The van der Waals surface area contributed by atoms with Crippen LogP contribution in [0.25, 0.3) is 0 Å². The molecule has 0 aliphatic heterocycles. The first-order valence-electron chi connectivity index (χ1n) is 8.67. The summed E-state index contributed by atoms with van der Waals surface area (Å²) in [4.78, 5) is 17.9. The Morgan fingerprint density at radius 3 is 2.52 bits per heavy atom. The minimum atomic E-state index is -0.196. The fraction of sp³-hybridized carbons (Fsp3) is 0.238. The number of rotatable bonds is 8. The molecule has 3 rings (SSSR count). The lowest BCUT2D eigenvalue weighted by molar-refractivity contribution is -0.123. The van der Waals surface area contributed by atoms with Gasteiger partial charge in [-0.15, -0.1) is 11.3 Å². The molecule has 5 nitrogen and oxygen atoms in total. The number of hydrogen-bond donors (Lipinski definition) is 1. The van der Waals surface area contributed by atoms with Crippen molar-refractivity contribution in [2.75, 3.05) is 13.7 Å². The fourth-order valence-electron chi connectivity index (χ4n) is 2.62. The third-order valence-electron chi connectivity index (χ3n) is 4.01. The molecule has 0 aliphatic carbocycles. The van der Waals surface area contributed by atoms with Crippen molar-refractivity contribution < 1.29 is 14.3 Å². The Morgan fingerprint density at radius 2 is 1.78 bits per heavy atom. The summed E-state index contributed by atoms with van der Waals surface area (Å²) in [5.74, 6) is 0.954. The zero-order valence-corrected chi connectivity index (χ0v) is 16.2. The molecule has 1 N–H and O–H groups in total. The Kier molecular flexibility index (Phi) is 6.44. The second-order valence-corrected chi connectivity index (χ2v) is 7.16. The molecule has 0 saturated carbocycles. The predicted molar refractivity (Wildman–Crippen MR) is 106 cm³/mol. The van der Waals surface area contributed by atoms with Crippen LogP contribution in [-0.2, 0) is 17.8 Å². The van der Waals surface area contributed by atoms with Gasteiger partial charge < -0.3 is 14.8 Å². The van der Waals surface area contributed by atoms with E-state index in [1.165, 1.54) is 10.4 Å². The second-order valence-electron chi connectivity index (χ2n) is 5.99. The fourth-order valence-corrected chi connectivity index (χ4v) is 3.66. The van der Waals surface area contributed by atoms with E-state index in [0.29, 0.717) is 18.0 Å². The number of carbonyl (C=O) groups is 1. The number of amides is 1. The van der Waals surface area contributed by atoms with Gasteiger partial charge in [0.25, 0.3) is 5.91 Å². The van der Waals surface area contributed by atoms with Gasteiger partial charge in [0.1, 0.15) is 5.01 Å². The molecule has 0 fully saturated rings. The third kappa shape index (κ3) is 5.31. The standard InChI is InChI=1S/C21H22N2O3S/c1-15-19(12-16-8-4-3-5-9-16)27-21(23-15)13-22-20(24)14-26-18-11-7-6-10-17(18)25-2/h3-11H,12-14H2,1-2H3,(H,22,24).